The van der Waals surface area contributed by atoms with Gasteiger partial charge in [0.25, 0.3) is 5.91 Å². The van der Waals surface area contributed by atoms with E-state index in [9.17, 15) is 9.59 Å². The smallest absolute Gasteiger partial charge is 0.251 e. The molecule has 1 saturated heterocycles. The third kappa shape index (κ3) is 6.71. The minimum absolute atomic E-state index is 0.0443. The van der Waals surface area contributed by atoms with Gasteiger partial charge in [0.15, 0.2) is 0 Å². The Morgan fingerprint density at radius 1 is 1.00 bits per heavy atom. The predicted molar refractivity (Wildman–Crippen MR) is 129 cm³/mol. The van der Waals surface area contributed by atoms with Crippen LogP contribution in [0, 0.1) is 5.92 Å². The quantitative estimate of drug-likeness (QED) is 0.562. The molecule has 2 aliphatic rings. The van der Waals surface area contributed by atoms with Crippen LogP contribution >= 0.6 is 11.6 Å². The third-order valence-electron chi connectivity index (χ3n) is 6.05. The van der Waals surface area contributed by atoms with Crippen molar-refractivity contribution in [1.82, 2.24) is 10.2 Å². The molecule has 1 heterocycles. The van der Waals surface area contributed by atoms with Gasteiger partial charge in [-0.3, -0.25) is 14.5 Å². The van der Waals surface area contributed by atoms with Crippen LogP contribution in [-0.4, -0.2) is 56.0 Å². The number of piperazine rings is 1. The van der Waals surface area contributed by atoms with E-state index in [0.29, 0.717) is 30.0 Å². The van der Waals surface area contributed by atoms with Crippen LogP contribution in [0.2, 0.25) is 5.02 Å². The number of halogens is 1. The minimum atomic E-state index is -0.160. The third-order valence-corrected chi connectivity index (χ3v) is 6.31. The molecular formula is C25H31ClN4O2. The van der Waals surface area contributed by atoms with Crippen LogP contribution in [0.25, 0.3) is 0 Å². The molecule has 1 aliphatic heterocycles. The highest BCUT2D eigenvalue weighted by Gasteiger charge is 2.26. The summed E-state index contributed by atoms with van der Waals surface area (Å²) < 4.78 is 0. The summed E-state index contributed by atoms with van der Waals surface area (Å²) in [5.41, 5.74) is 2.53. The van der Waals surface area contributed by atoms with Gasteiger partial charge in [0.2, 0.25) is 5.91 Å². The first kappa shape index (κ1) is 22.6. The average molecular weight is 455 g/mol. The molecule has 7 heteroatoms. The molecule has 4 rings (SSSR count). The minimum Gasteiger partial charge on any atom is -0.369 e. The lowest BCUT2D eigenvalue weighted by molar-refractivity contribution is -0.116. The van der Waals surface area contributed by atoms with Crippen molar-refractivity contribution in [3.8, 4) is 0 Å². The van der Waals surface area contributed by atoms with Gasteiger partial charge in [-0.2, -0.15) is 0 Å². The molecule has 0 spiro atoms. The molecule has 2 aromatic carbocycles. The van der Waals surface area contributed by atoms with E-state index >= 15 is 0 Å². The van der Waals surface area contributed by atoms with E-state index in [4.69, 9.17) is 11.6 Å². The van der Waals surface area contributed by atoms with Crippen LogP contribution in [0.15, 0.2) is 48.5 Å². The Balaban J connectivity index is 1.17. The second kappa shape index (κ2) is 10.8. The molecule has 0 unspecified atom stereocenters. The van der Waals surface area contributed by atoms with Crippen molar-refractivity contribution in [2.75, 3.05) is 49.5 Å². The number of carbonyl (C=O) groups is 2. The van der Waals surface area contributed by atoms with Gasteiger partial charge >= 0.3 is 0 Å². The number of rotatable bonds is 9. The Kier molecular flexibility index (Phi) is 7.66. The highest BCUT2D eigenvalue weighted by atomic mass is 35.5. The molecule has 2 fully saturated rings. The zero-order chi connectivity index (χ0) is 22.3. The fourth-order valence-corrected chi connectivity index (χ4v) is 4.14. The summed E-state index contributed by atoms with van der Waals surface area (Å²) in [6.07, 6.45) is 3.73. The highest BCUT2D eigenvalue weighted by Crippen LogP contribution is 2.30. The Bertz CT molecular complexity index is 922. The van der Waals surface area contributed by atoms with Crippen LogP contribution in [0.1, 0.15) is 36.0 Å². The second-order valence-corrected chi connectivity index (χ2v) is 9.13. The molecule has 0 radical (unpaired) electrons. The predicted octanol–water partition coefficient (Wildman–Crippen LogP) is 4.02. The lowest BCUT2D eigenvalue weighted by atomic mass is 10.2. The summed E-state index contributed by atoms with van der Waals surface area (Å²) in [6.45, 7) is 5.96. The van der Waals surface area contributed by atoms with Crippen molar-refractivity contribution in [3.63, 3.8) is 0 Å². The van der Waals surface area contributed by atoms with Crippen molar-refractivity contribution in [3.05, 3.63) is 59.1 Å². The van der Waals surface area contributed by atoms with E-state index in [1.165, 1.54) is 19.4 Å². The van der Waals surface area contributed by atoms with Crippen LogP contribution in [0.5, 0.6) is 0 Å². The standard InChI is InChI=1S/C25H31ClN4O2/c26-21-10-8-20(9-11-21)25(32)27-12-2-5-24(31)28-22-3-1-4-23(17-22)30-15-13-29(14-16-30)18-19-6-7-19/h1,3-4,8-11,17,19H,2,5-7,12-16,18H2,(H,27,32)(H,28,31). The second-order valence-electron chi connectivity index (χ2n) is 8.70. The number of hydrogen-bond donors (Lipinski definition) is 2. The number of anilines is 2. The number of amides is 2. The Labute approximate surface area is 194 Å². The van der Waals surface area contributed by atoms with Crippen LogP contribution < -0.4 is 15.5 Å². The number of nitrogens with zero attached hydrogens (tertiary/aromatic N) is 2. The van der Waals surface area contributed by atoms with Gasteiger partial charge in [-0.15, -0.1) is 0 Å². The van der Waals surface area contributed by atoms with Gasteiger partial charge in [-0.05, 0) is 67.6 Å². The van der Waals surface area contributed by atoms with Gasteiger partial charge in [0.1, 0.15) is 0 Å². The van der Waals surface area contributed by atoms with E-state index in [1.54, 1.807) is 24.3 Å². The molecule has 0 bridgehead atoms. The van der Waals surface area contributed by atoms with E-state index in [-0.39, 0.29) is 11.8 Å². The Hall–Kier alpha value is -2.57. The monoisotopic (exact) mass is 454 g/mol. The molecule has 1 aliphatic carbocycles. The zero-order valence-electron chi connectivity index (χ0n) is 18.4. The Morgan fingerprint density at radius 2 is 1.75 bits per heavy atom. The Morgan fingerprint density at radius 3 is 2.47 bits per heavy atom. The lowest BCUT2D eigenvalue weighted by Gasteiger charge is -2.36. The summed E-state index contributed by atoms with van der Waals surface area (Å²) in [5, 5.41) is 6.42. The molecule has 2 aromatic rings. The molecule has 6 nitrogen and oxygen atoms in total. The van der Waals surface area contributed by atoms with E-state index in [1.807, 2.05) is 12.1 Å². The van der Waals surface area contributed by atoms with E-state index < -0.39 is 0 Å². The zero-order valence-corrected chi connectivity index (χ0v) is 19.1. The van der Waals surface area contributed by atoms with Crippen molar-refractivity contribution < 1.29 is 9.59 Å². The molecule has 2 amide bonds. The largest absolute Gasteiger partial charge is 0.369 e. The first-order valence-corrected chi connectivity index (χ1v) is 11.9. The van der Waals surface area contributed by atoms with E-state index in [2.05, 4.69) is 32.6 Å². The summed E-state index contributed by atoms with van der Waals surface area (Å²) in [6, 6.07) is 14.8. The van der Waals surface area contributed by atoms with Crippen molar-refractivity contribution in [2.24, 2.45) is 5.92 Å². The molecule has 1 saturated carbocycles. The maximum atomic E-state index is 12.3. The van der Waals surface area contributed by atoms with Crippen LogP contribution in [0.3, 0.4) is 0 Å². The van der Waals surface area contributed by atoms with E-state index in [0.717, 1.165) is 43.5 Å². The van der Waals surface area contributed by atoms with Gasteiger partial charge < -0.3 is 15.5 Å². The van der Waals surface area contributed by atoms with Crippen LogP contribution in [0.4, 0.5) is 11.4 Å². The normalized spacial score (nSPS) is 16.6. The average Bonchev–Trinajstić information content (AvgIpc) is 3.62. The topological polar surface area (TPSA) is 64.7 Å². The molecule has 0 aromatic heterocycles. The maximum Gasteiger partial charge on any atom is 0.251 e. The SMILES string of the molecule is O=C(CCCNC(=O)c1ccc(Cl)cc1)Nc1cccc(N2CCN(CC3CC3)CC2)c1. The molecule has 2 N–H and O–H groups in total. The first-order valence-electron chi connectivity index (χ1n) is 11.5. The van der Waals surface area contributed by atoms with Gasteiger partial charge in [-0.1, -0.05) is 17.7 Å². The lowest BCUT2D eigenvalue weighted by Crippen LogP contribution is -2.47. The summed E-state index contributed by atoms with van der Waals surface area (Å²) in [4.78, 5) is 29.4. The number of benzene rings is 2. The number of carbonyl (C=O) groups excluding carboxylic acids is 2. The molecule has 170 valence electrons. The maximum absolute atomic E-state index is 12.3. The van der Waals surface area contributed by atoms with Gasteiger partial charge in [0.05, 0.1) is 0 Å². The molecule has 0 atom stereocenters. The molecule has 32 heavy (non-hydrogen) atoms. The fourth-order valence-electron chi connectivity index (χ4n) is 4.01. The van der Waals surface area contributed by atoms with Crippen molar-refractivity contribution in [2.45, 2.75) is 25.7 Å². The van der Waals surface area contributed by atoms with Gasteiger partial charge in [-0.25, -0.2) is 0 Å². The summed E-state index contributed by atoms with van der Waals surface area (Å²) >= 11 is 5.84. The number of nitrogens with one attached hydrogen (secondary N) is 2. The first-order chi connectivity index (χ1) is 15.6. The van der Waals surface area contributed by atoms with Gasteiger partial charge in [0, 0.05) is 67.7 Å². The summed E-state index contributed by atoms with van der Waals surface area (Å²) in [7, 11) is 0. The molecular weight excluding hydrogens is 424 g/mol. The highest BCUT2D eigenvalue weighted by molar-refractivity contribution is 6.30. The summed E-state index contributed by atoms with van der Waals surface area (Å²) in [5.74, 6) is 0.731. The fraction of sp³-hybridized carbons (Fsp3) is 0.440. The van der Waals surface area contributed by atoms with Crippen molar-refractivity contribution >= 4 is 34.8 Å². The van der Waals surface area contributed by atoms with Crippen molar-refractivity contribution in [1.29, 1.82) is 0 Å². The van der Waals surface area contributed by atoms with Crippen LogP contribution in [-0.2, 0) is 4.79 Å². The number of hydrogen-bond acceptors (Lipinski definition) is 4.